The van der Waals surface area contributed by atoms with Crippen LogP contribution in [0.15, 0.2) is 36.7 Å². The van der Waals surface area contributed by atoms with Crippen molar-refractivity contribution >= 4 is 22.8 Å². The number of carbonyl (C=O) groups is 2. The molecule has 0 radical (unpaired) electrons. The maximum absolute atomic E-state index is 11.9. The van der Waals surface area contributed by atoms with Crippen molar-refractivity contribution in [2.75, 3.05) is 0 Å². The van der Waals surface area contributed by atoms with Gasteiger partial charge in [0.05, 0.1) is 29.3 Å². The van der Waals surface area contributed by atoms with Crippen molar-refractivity contribution in [2.45, 2.75) is 25.8 Å². The number of Topliss-reactive ketones (excluding diaryl/α,β-unsaturated/α-hetero) is 1. The fourth-order valence-electron chi connectivity index (χ4n) is 2.40. The van der Waals surface area contributed by atoms with E-state index in [4.69, 9.17) is 5.11 Å². The number of carboxylic acid groups (broad SMARTS) is 1. The van der Waals surface area contributed by atoms with Crippen LogP contribution in [0.4, 0.5) is 0 Å². The summed E-state index contributed by atoms with van der Waals surface area (Å²) in [6, 6.07) is 7.79. The highest BCUT2D eigenvalue weighted by atomic mass is 16.4. The van der Waals surface area contributed by atoms with Crippen LogP contribution in [0.3, 0.4) is 0 Å². The molecule has 0 fully saturated rings. The first-order valence-electron chi connectivity index (χ1n) is 7.33. The summed E-state index contributed by atoms with van der Waals surface area (Å²) in [5, 5.41) is 12.7. The standard InChI is InChI=1S/C16H16N4O3/c21-12(10-20-9-11(8-17-20)16(22)23)4-3-7-15-18-13-5-1-2-6-14(13)19-15/h1-2,5-6,8-9H,3-4,7,10H2,(H,18,19)(H,22,23). The number of para-hydroxylation sites is 2. The second-order valence-electron chi connectivity index (χ2n) is 5.32. The molecule has 7 nitrogen and oxygen atoms in total. The second kappa shape index (κ2) is 6.43. The minimum absolute atomic E-state index is 0.0150. The van der Waals surface area contributed by atoms with Crippen LogP contribution in [0.25, 0.3) is 11.0 Å². The number of aromatic carboxylic acids is 1. The smallest absolute Gasteiger partial charge is 0.338 e. The van der Waals surface area contributed by atoms with Gasteiger partial charge in [-0.15, -0.1) is 0 Å². The first kappa shape index (κ1) is 15.0. The number of nitrogens with zero attached hydrogens (tertiary/aromatic N) is 3. The quantitative estimate of drug-likeness (QED) is 0.695. The monoisotopic (exact) mass is 312 g/mol. The molecule has 2 N–H and O–H groups in total. The minimum atomic E-state index is -1.05. The summed E-state index contributed by atoms with van der Waals surface area (Å²) in [6.45, 7) is 0.0907. The fraction of sp³-hybridized carbons (Fsp3) is 0.250. The molecule has 0 unspecified atom stereocenters. The first-order chi connectivity index (χ1) is 11.1. The molecular formula is C16H16N4O3. The normalized spacial score (nSPS) is 11.0. The number of aryl methyl sites for hydroxylation is 1. The van der Waals surface area contributed by atoms with Crippen LogP contribution in [0.5, 0.6) is 0 Å². The molecule has 2 aromatic heterocycles. The second-order valence-corrected chi connectivity index (χ2v) is 5.32. The molecule has 23 heavy (non-hydrogen) atoms. The molecule has 0 amide bonds. The van der Waals surface area contributed by atoms with Crippen LogP contribution >= 0.6 is 0 Å². The Balaban J connectivity index is 1.49. The van der Waals surface area contributed by atoms with E-state index in [1.165, 1.54) is 17.1 Å². The summed E-state index contributed by atoms with van der Waals surface area (Å²) in [6.07, 6.45) is 4.38. The summed E-state index contributed by atoms with van der Waals surface area (Å²) in [4.78, 5) is 30.4. The van der Waals surface area contributed by atoms with Gasteiger partial charge in [0.15, 0.2) is 5.78 Å². The lowest BCUT2D eigenvalue weighted by molar-refractivity contribution is -0.119. The number of hydrogen-bond donors (Lipinski definition) is 2. The largest absolute Gasteiger partial charge is 0.478 e. The fourth-order valence-corrected chi connectivity index (χ4v) is 2.40. The molecule has 3 rings (SSSR count). The molecule has 7 heteroatoms. The Kier molecular flexibility index (Phi) is 4.18. The van der Waals surface area contributed by atoms with Gasteiger partial charge in [0.1, 0.15) is 5.82 Å². The van der Waals surface area contributed by atoms with E-state index in [-0.39, 0.29) is 17.9 Å². The summed E-state index contributed by atoms with van der Waals surface area (Å²) in [5.41, 5.74) is 2.00. The predicted molar refractivity (Wildman–Crippen MR) is 83.2 cm³/mol. The van der Waals surface area contributed by atoms with Crippen molar-refractivity contribution in [3.63, 3.8) is 0 Å². The van der Waals surface area contributed by atoms with Gasteiger partial charge < -0.3 is 10.1 Å². The average Bonchev–Trinajstić information content (AvgIpc) is 3.13. The van der Waals surface area contributed by atoms with E-state index in [2.05, 4.69) is 15.1 Å². The molecule has 2 heterocycles. The van der Waals surface area contributed by atoms with E-state index >= 15 is 0 Å². The molecule has 3 aromatic rings. The Morgan fingerprint density at radius 2 is 2.09 bits per heavy atom. The third-order valence-electron chi connectivity index (χ3n) is 3.53. The highest BCUT2D eigenvalue weighted by Gasteiger charge is 2.09. The molecule has 1 aromatic carbocycles. The third kappa shape index (κ3) is 3.63. The van der Waals surface area contributed by atoms with Crippen molar-refractivity contribution in [1.29, 1.82) is 0 Å². The molecule has 0 aliphatic carbocycles. The van der Waals surface area contributed by atoms with E-state index in [9.17, 15) is 9.59 Å². The van der Waals surface area contributed by atoms with Gasteiger partial charge in [0.25, 0.3) is 0 Å². The van der Waals surface area contributed by atoms with E-state index in [0.29, 0.717) is 19.3 Å². The maximum Gasteiger partial charge on any atom is 0.338 e. The number of ketones is 1. The van der Waals surface area contributed by atoms with Crippen LogP contribution in [0.1, 0.15) is 29.0 Å². The number of hydrogen-bond acceptors (Lipinski definition) is 4. The number of carboxylic acids is 1. The Bertz CT molecular complexity index is 817. The topological polar surface area (TPSA) is 101 Å². The number of benzene rings is 1. The lowest BCUT2D eigenvalue weighted by atomic mass is 10.1. The van der Waals surface area contributed by atoms with Crippen LogP contribution in [0.2, 0.25) is 0 Å². The lowest BCUT2D eigenvalue weighted by Crippen LogP contribution is -2.10. The highest BCUT2D eigenvalue weighted by molar-refractivity contribution is 5.87. The number of fused-ring (bicyclic) bond motifs is 1. The van der Waals surface area contributed by atoms with Gasteiger partial charge in [0, 0.05) is 19.0 Å². The number of aromatic amines is 1. The van der Waals surface area contributed by atoms with Gasteiger partial charge in [0.2, 0.25) is 0 Å². The van der Waals surface area contributed by atoms with Gasteiger partial charge >= 0.3 is 5.97 Å². The zero-order chi connectivity index (χ0) is 16.2. The van der Waals surface area contributed by atoms with Gasteiger partial charge in [-0.25, -0.2) is 9.78 Å². The minimum Gasteiger partial charge on any atom is -0.478 e. The molecule has 0 saturated heterocycles. The van der Waals surface area contributed by atoms with E-state index in [1.807, 2.05) is 24.3 Å². The molecule has 118 valence electrons. The Morgan fingerprint density at radius 3 is 2.83 bits per heavy atom. The number of carbonyl (C=O) groups excluding carboxylic acids is 1. The number of H-pyrrole nitrogens is 1. The highest BCUT2D eigenvalue weighted by Crippen LogP contribution is 2.12. The maximum atomic E-state index is 11.9. The zero-order valence-electron chi connectivity index (χ0n) is 12.4. The van der Waals surface area contributed by atoms with E-state index in [0.717, 1.165) is 16.9 Å². The molecule has 0 saturated carbocycles. The van der Waals surface area contributed by atoms with Crippen molar-refractivity contribution in [3.05, 3.63) is 48.0 Å². The Labute approximate surface area is 132 Å². The number of nitrogens with one attached hydrogen (secondary N) is 1. The van der Waals surface area contributed by atoms with Crippen molar-refractivity contribution < 1.29 is 14.7 Å². The van der Waals surface area contributed by atoms with Gasteiger partial charge in [-0.05, 0) is 18.6 Å². The van der Waals surface area contributed by atoms with Gasteiger partial charge in [-0.1, -0.05) is 12.1 Å². The molecular weight excluding hydrogens is 296 g/mol. The van der Waals surface area contributed by atoms with E-state index in [1.54, 1.807) is 0 Å². The van der Waals surface area contributed by atoms with Crippen molar-refractivity contribution in [2.24, 2.45) is 0 Å². The Morgan fingerprint density at radius 1 is 1.26 bits per heavy atom. The molecule has 0 spiro atoms. The van der Waals surface area contributed by atoms with Gasteiger partial charge in [-0.2, -0.15) is 5.10 Å². The summed E-state index contributed by atoms with van der Waals surface area (Å²) in [7, 11) is 0. The number of rotatable bonds is 7. The third-order valence-corrected chi connectivity index (χ3v) is 3.53. The van der Waals surface area contributed by atoms with Crippen LogP contribution < -0.4 is 0 Å². The van der Waals surface area contributed by atoms with Crippen LogP contribution in [-0.2, 0) is 17.8 Å². The van der Waals surface area contributed by atoms with E-state index < -0.39 is 5.97 Å². The molecule has 0 bridgehead atoms. The Hall–Kier alpha value is -2.96. The summed E-state index contributed by atoms with van der Waals surface area (Å²) in [5.74, 6) is -0.166. The predicted octanol–water partition coefficient (Wildman–Crippen LogP) is 2.05. The number of imidazole rings is 1. The lowest BCUT2D eigenvalue weighted by Gasteiger charge is -2.00. The summed E-state index contributed by atoms with van der Waals surface area (Å²) < 4.78 is 1.35. The summed E-state index contributed by atoms with van der Waals surface area (Å²) >= 11 is 0. The van der Waals surface area contributed by atoms with Crippen LogP contribution in [0, 0.1) is 0 Å². The molecule has 0 aliphatic heterocycles. The average molecular weight is 312 g/mol. The van der Waals surface area contributed by atoms with Crippen molar-refractivity contribution in [3.8, 4) is 0 Å². The first-order valence-corrected chi connectivity index (χ1v) is 7.33. The zero-order valence-corrected chi connectivity index (χ0v) is 12.4. The van der Waals surface area contributed by atoms with Crippen LogP contribution in [-0.4, -0.2) is 36.6 Å². The molecule has 0 atom stereocenters. The van der Waals surface area contributed by atoms with Crippen molar-refractivity contribution in [1.82, 2.24) is 19.7 Å². The van der Waals surface area contributed by atoms with Gasteiger partial charge in [-0.3, -0.25) is 9.48 Å². The molecule has 0 aliphatic rings. The number of aromatic nitrogens is 4. The SMILES string of the molecule is O=C(CCCc1nc2ccccc2[nH]1)Cn1cc(C(=O)O)cn1.